The first kappa shape index (κ1) is 15.3. The molecule has 1 N–H and O–H groups in total. The average molecular weight is 312 g/mol. The van der Waals surface area contributed by atoms with Gasteiger partial charge in [0.05, 0.1) is 12.9 Å². The van der Waals surface area contributed by atoms with Crippen molar-refractivity contribution in [2.45, 2.75) is 25.8 Å². The van der Waals surface area contributed by atoms with Crippen LogP contribution in [0.1, 0.15) is 24.9 Å². The fraction of sp³-hybridized carbons (Fsp3) is 0.353. The minimum Gasteiger partial charge on any atom is -0.345 e. The van der Waals surface area contributed by atoms with Crippen molar-refractivity contribution in [3.63, 3.8) is 0 Å². The van der Waals surface area contributed by atoms with Crippen LogP contribution in [-0.2, 0) is 16.0 Å². The maximum absolute atomic E-state index is 12.5. The highest BCUT2D eigenvalue weighted by Crippen LogP contribution is 2.26. The number of imidazole rings is 1. The number of rotatable bonds is 4. The van der Waals surface area contributed by atoms with E-state index in [0.717, 1.165) is 18.5 Å². The third-order valence-electron chi connectivity index (χ3n) is 4.18. The smallest absolute Gasteiger partial charge is 0.246 e. The lowest BCUT2D eigenvalue weighted by molar-refractivity contribution is -0.127. The Bertz CT molecular complexity index is 696. The van der Waals surface area contributed by atoms with Gasteiger partial charge in [-0.05, 0) is 31.4 Å². The van der Waals surface area contributed by atoms with Crippen LogP contribution in [0.3, 0.4) is 0 Å². The number of carbonyl (C=O) groups is 2. The Labute approximate surface area is 135 Å². The van der Waals surface area contributed by atoms with Gasteiger partial charge in [0.25, 0.3) is 0 Å². The molecule has 0 saturated heterocycles. The number of hydrogen-bond donors (Lipinski definition) is 1. The van der Waals surface area contributed by atoms with Crippen LogP contribution in [0.15, 0.2) is 43.0 Å². The third-order valence-corrected chi connectivity index (χ3v) is 4.18. The van der Waals surface area contributed by atoms with Crippen molar-refractivity contribution < 1.29 is 9.59 Å². The molecule has 0 saturated carbocycles. The predicted octanol–water partition coefficient (Wildman–Crippen LogP) is 1.54. The maximum Gasteiger partial charge on any atom is 0.246 e. The van der Waals surface area contributed by atoms with E-state index >= 15 is 0 Å². The summed E-state index contributed by atoms with van der Waals surface area (Å²) in [5.74, 6) is -0.273. The molecule has 6 heteroatoms. The summed E-state index contributed by atoms with van der Waals surface area (Å²) in [5, 5.41) is 2.72. The van der Waals surface area contributed by atoms with E-state index in [9.17, 15) is 9.59 Å². The van der Waals surface area contributed by atoms with Gasteiger partial charge in [-0.1, -0.05) is 18.2 Å². The number of nitrogens with zero attached hydrogens (tertiary/aromatic N) is 3. The van der Waals surface area contributed by atoms with Crippen LogP contribution in [0.25, 0.3) is 0 Å². The zero-order valence-corrected chi connectivity index (χ0v) is 13.1. The Hall–Kier alpha value is -2.63. The fourth-order valence-corrected chi connectivity index (χ4v) is 2.83. The lowest BCUT2D eigenvalue weighted by Gasteiger charge is -2.29. The highest BCUT2D eigenvalue weighted by Gasteiger charge is 2.23. The molecule has 0 radical (unpaired) electrons. The van der Waals surface area contributed by atoms with Gasteiger partial charge in [0, 0.05) is 24.6 Å². The molecule has 2 amide bonds. The topological polar surface area (TPSA) is 67.2 Å². The number of anilines is 1. The second kappa shape index (κ2) is 6.64. The Kier molecular flexibility index (Phi) is 4.41. The van der Waals surface area contributed by atoms with Gasteiger partial charge in [0.15, 0.2) is 0 Å². The van der Waals surface area contributed by atoms with Gasteiger partial charge < -0.3 is 14.8 Å². The first-order chi connectivity index (χ1) is 11.2. The third kappa shape index (κ3) is 3.26. The van der Waals surface area contributed by atoms with Crippen LogP contribution >= 0.6 is 0 Å². The van der Waals surface area contributed by atoms with E-state index in [4.69, 9.17) is 0 Å². The fourth-order valence-electron chi connectivity index (χ4n) is 2.83. The number of aromatic nitrogens is 2. The van der Waals surface area contributed by atoms with E-state index in [2.05, 4.69) is 16.4 Å². The number of para-hydroxylation sites is 1. The number of fused-ring (bicyclic) bond motifs is 1. The second-order valence-electron chi connectivity index (χ2n) is 5.68. The molecule has 0 spiro atoms. The average Bonchev–Trinajstić information content (AvgIpc) is 3.12. The van der Waals surface area contributed by atoms with Crippen molar-refractivity contribution in [1.29, 1.82) is 0 Å². The molecule has 0 unspecified atom stereocenters. The van der Waals surface area contributed by atoms with E-state index in [1.54, 1.807) is 35.1 Å². The van der Waals surface area contributed by atoms with Crippen LogP contribution in [-0.4, -0.2) is 34.5 Å². The Morgan fingerprint density at radius 3 is 2.96 bits per heavy atom. The van der Waals surface area contributed by atoms with Crippen molar-refractivity contribution in [3.05, 3.63) is 48.5 Å². The summed E-state index contributed by atoms with van der Waals surface area (Å²) in [6, 6.07) is 7.54. The minimum absolute atomic E-state index is 0.00616. The van der Waals surface area contributed by atoms with Crippen molar-refractivity contribution in [1.82, 2.24) is 14.9 Å². The summed E-state index contributed by atoms with van der Waals surface area (Å²) in [5.41, 5.74) is 2.14. The Morgan fingerprint density at radius 2 is 2.17 bits per heavy atom. The van der Waals surface area contributed by atoms with E-state index in [1.807, 2.05) is 18.2 Å². The molecule has 3 rings (SSSR count). The summed E-state index contributed by atoms with van der Waals surface area (Å²) < 4.78 is 1.70. The van der Waals surface area contributed by atoms with Gasteiger partial charge in [0.2, 0.25) is 11.8 Å². The standard InChI is InChI=1S/C17H20N4O2/c1-13(20-10-8-18-12-20)17(23)19-11-16(22)21-9-4-6-14-5-2-3-7-15(14)21/h2-3,5,7-8,10,12-13H,4,6,9,11H2,1H3,(H,19,23)/t13-/m0/s1. The molecule has 1 aliphatic heterocycles. The lowest BCUT2D eigenvalue weighted by atomic mass is 10.0. The maximum atomic E-state index is 12.5. The van der Waals surface area contributed by atoms with E-state index in [1.165, 1.54) is 5.56 Å². The van der Waals surface area contributed by atoms with Gasteiger partial charge in [-0.2, -0.15) is 0 Å². The quantitative estimate of drug-likeness (QED) is 0.931. The van der Waals surface area contributed by atoms with Crippen molar-refractivity contribution in [2.75, 3.05) is 18.0 Å². The van der Waals surface area contributed by atoms with E-state index in [-0.39, 0.29) is 24.4 Å². The number of amides is 2. The first-order valence-corrected chi connectivity index (χ1v) is 7.80. The monoisotopic (exact) mass is 312 g/mol. The minimum atomic E-state index is -0.390. The van der Waals surface area contributed by atoms with Gasteiger partial charge in [0.1, 0.15) is 6.04 Å². The van der Waals surface area contributed by atoms with Crippen molar-refractivity contribution >= 4 is 17.5 Å². The molecular weight excluding hydrogens is 292 g/mol. The molecule has 6 nitrogen and oxygen atoms in total. The largest absolute Gasteiger partial charge is 0.345 e. The Morgan fingerprint density at radius 1 is 1.35 bits per heavy atom. The number of aryl methyl sites for hydroxylation is 1. The second-order valence-corrected chi connectivity index (χ2v) is 5.68. The van der Waals surface area contributed by atoms with Gasteiger partial charge in [-0.3, -0.25) is 9.59 Å². The van der Waals surface area contributed by atoms with Crippen LogP contribution in [0.4, 0.5) is 5.69 Å². The van der Waals surface area contributed by atoms with Crippen molar-refractivity contribution in [3.8, 4) is 0 Å². The lowest BCUT2D eigenvalue weighted by Crippen LogP contribution is -2.43. The van der Waals surface area contributed by atoms with E-state index in [0.29, 0.717) is 6.54 Å². The molecule has 1 aromatic heterocycles. The first-order valence-electron chi connectivity index (χ1n) is 7.80. The summed E-state index contributed by atoms with van der Waals surface area (Å²) in [4.78, 5) is 30.3. The molecule has 0 bridgehead atoms. The molecule has 120 valence electrons. The summed E-state index contributed by atoms with van der Waals surface area (Å²) in [7, 11) is 0. The number of hydrogen-bond acceptors (Lipinski definition) is 3. The van der Waals surface area contributed by atoms with Gasteiger partial charge in [-0.25, -0.2) is 4.98 Å². The normalized spacial score (nSPS) is 14.9. The highest BCUT2D eigenvalue weighted by molar-refractivity contribution is 5.98. The van der Waals surface area contributed by atoms with Crippen molar-refractivity contribution in [2.24, 2.45) is 0 Å². The zero-order valence-electron chi connectivity index (χ0n) is 13.1. The molecular formula is C17H20N4O2. The Balaban J connectivity index is 1.61. The summed E-state index contributed by atoms with van der Waals surface area (Å²) in [6.45, 7) is 2.48. The van der Waals surface area contributed by atoms with Crippen LogP contribution in [0.2, 0.25) is 0 Å². The molecule has 1 aromatic carbocycles. The van der Waals surface area contributed by atoms with Crippen LogP contribution in [0.5, 0.6) is 0 Å². The SMILES string of the molecule is C[C@@H](C(=O)NCC(=O)N1CCCc2ccccc21)n1ccnc1. The predicted molar refractivity (Wildman–Crippen MR) is 87.1 cm³/mol. The van der Waals surface area contributed by atoms with Crippen LogP contribution in [0, 0.1) is 0 Å². The zero-order chi connectivity index (χ0) is 16.2. The molecule has 0 aliphatic carbocycles. The van der Waals surface area contributed by atoms with Gasteiger partial charge in [-0.15, -0.1) is 0 Å². The van der Waals surface area contributed by atoms with Crippen LogP contribution < -0.4 is 10.2 Å². The molecule has 2 aromatic rings. The number of benzene rings is 1. The highest BCUT2D eigenvalue weighted by atomic mass is 16.2. The molecule has 1 atom stereocenters. The number of carbonyl (C=O) groups excluding carboxylic acids is 2. The number of nitrogens with one attached hydrogen (secondary N) is 1. The molecule has 1 aliphatic rings. The molecule has 0 fully saturated rings. The summed E-state index contributed by atoms with van der Waals surface area (Å²) in [6.07, 6.45) is 6.88. The molecule has 2 heterocycles. The van der Waals surface area contributed by atoms with E-state index < -0.39 is 0 Å². The molecule has 23 heavy (non-hydrogen) atoms. The van der Waals surface area contributed by atoms with Gasteiger partial charge >= 0.3 is 0 Å². The summed E-state index contributed by atoms with van der Waals surface area (Å²) >= 11 is 0.